The summed E-state index contributed by atoms with van der Waals surface area (Å²) >= 11 is 0. The summed E-state index contributed by atoms with van der Waals surface area (Å²) in [6.45, 7) is 3.05. The number of rotatable bonds is 7. The van der Waals surface area contributed by atoms with Gasteiger partial charge >= 0.3 is 5.97 Å². The minimum absolute atomic E-state index is 0.0298. The van der Waals surface area contributed by atoms with E-state index in [0.717, 1.165) is 5.69 Å². The second-order valence-corrected chi connectivity index (χ2v) is 6.57. The van der Waals surface area contributed by atoms with E-state index >= 15 is 0 Å². The summed E-state index contributed by atoms with van der Waals surface area (Å²) in [7, 11) is 4.87. The van der Waals surface area contributed by atoms with Gasteiger partial charge in [-0.05, 0) is 18.2 Å². The molecular weight excluding hydrogens is 352 g/mol. The predicted octanol–water partition coefficient (Wildman–Crippen LogP) is 0.180. The monoisotopic (exact) mass is 378 g/mol. The fourth-order valence-corrected chi connectivity index (χ4v) is 2.83. The lowest BCUT2D eigenvalue weighted by molar-refractivity contribution is -0.130. The Kier molecular flexibility index (Phi) is 7.14. The number of nitrogens with one attached hydrogen (secondary N) is 1. The summed E-state index contributed by atoms with van der Waals surface area (Å²) in [5.41, 5.74) is 1.04. The summed E-state index contributed by atoms with van der Waals surface area (Å²) in [6, 6.07) is 4.94. The van der Waals surface area contributed by atoms with E-state index in [9.17, 15) is 19.5 Å². The molecule has 2 N–H and O–H groups in total. The van der Waals surface area contributed by atoms with Gasteiger partial charge in [0.25, 0.3) is 0 Å². The minimum atomic E-state index is -1.11. The molecule has 9 heteroatoms. The minimum Gasteiger partial charge on any atom is -0.478 e. The molecule has 0 atom stereocenters. The Hall–Kier alpha value is -2.65. The number of nitrogens with zero attached hydrogens (tertiary/aromatic N) is 3. The Morgan fingerprint density at radius 3 is 2.41 bits per heavy atom. The third-order valence-corrected chi connectivity index (χ3v) is 4.38. The van der Waals surface area contributed by atoms with E-state index in [1.54, 1.807) is 37.2 Å². The Balaban J connectivity index is 2.05. The lowest BCUT2D eigenvalue weighted by atomic mass is 10.1. The van der Waals surface area contributed by atoms with Crippen molar-refractivity contribution in [1.29, 1.82) is 0 Å². The molecule has 2 amide bonds. The summed E-state index contributed by atoms with van der Waals surface area (Å²) in [4.78, 5) is 40.8. The second kappa shape index (κ2) is 9.33. The third kappa shape index (κ3) is 5.66. The fraction of sp³-hybridized carbons (Fsp3) is 0.500. The molecule has 0 spiro atoms. The molecular formula is C18H26N4O5. The maximum Gasteiger partial charge on any atom is 0.337 e. The quantitative estimate of drug-likeness (QED) is 0.698. The molecule has 9 nitrogen and oxygen atoms in total. The molecule has 1 aromatic rings. The zero-order valence-electron chi connectivity index (χ0n) is 15.9. The highest BCUT2D eigenvalue weighted by Crippen LogP contribution is 2.24. The van der Waals surface area contributed by atoms with Crippen LogP contribution in [-0.4, -0.2) is 93.2 Å². The zero-order valence-corrected chi connectivity index (χ0v) is 15.9. The number of carboxylic acids is 1. The van der Waals surface area contributed by atoms with Gasteiger partial charge in [-0.25, -0.2) is 4.79 Å². The van der Waals surface area contributed by atoms with Gasteiger partial charge in [0.15, 0.2) is 0 Å². The van der Waals surface area contributed by atoms with Gasteiger partial charge < -0.3 is 25.0 Å². The van der Waals surface area contributed by atoms with Crippen molar-refractivity contribution in [2.24, 2.45) is 0 Å². The zero-order chi connectivity index (χ0) is 20.0. The van der Waals surface area contributed by atoms with Crippen LogP contribution >= 0.6 is 0 Å². The number of anilines is 2. The van der Waals surface area contributed by atoms with Crippen LogP contribution in [0.3, 0.4) is 0 Å². The van der Waals surface area contributed by atoms with Gasteiger partial charge in [-0.1, -0.05) is 0 Å². The summed E-state index contributed by atoms with van der Waals surface area (Å²) in [6.07, 6.45) is 0. The molecule has 2 rings (SSSR count). The predicted molar refractivity (Wildman–Crippen MR) is 101 cm³/mol. The van der Waals surface area contributed by atoms with Crippen LogP contribution in [0.25, 0.3) is 0 Å². The van der Waals surface area contributed by atoms with Crippen LogP contribution in [0.2, 0.25) is 0 Å². The first-order valence-corrected chi connectivity index (χ1v) is 8.65. The Labute approximate surface area is 158 Å². The number of carbonyl (C=O) groups is 3. The molecule has 0 radical (unpaired) electrons. The van der Waals surface area contributed by atoms with Crippen LogP contribution in [-0.2, 0) is 14.3 Å². The number of hydrogen-bond donors (Lipinski definition) is 2. The maximum atomic E-state index is 11.8. The molecule has 0 aliphatic carbocycles. The SMILES string of the molecule is COCC(=O)Nc1ccc(N2CCN(CC(=O)N(C)C)CC2)cc1C(=O)O. The summed E-state index contributed by atoms with van der Waals surface area (Å²) in [5, 5.41) is 12.0. The van der Waals surface area contributed by atoms with E-state index in [4.69, 9.17) is 4.74 Å². The number of carboxylic acid groups (broad SMARTS) is 1. The van der Waals surface area contributed by atoms with Crippen LogP contribution in [0.15, 0.2) is 18.2 Å². The van der Waals surface area contributed by atoms with E-state index in [1.807, 2.05) is 0 Å². The van der Waals surface area contributed by atoms with Gasteiger partial charge in [-0.2, -0.15) is 0 Å². The molecule has 1 heterocycles. The average Bonchev–Trinajstić information content (AvgIpc) is 2.62. The first kappa shape index (κ1) is 20.7. The van der Waals surface area contributed by atoms with E-state index < -0.39 is 11.9 Å². The number of ether oxygens (including phenoxy) is 1. The van der Waals surface area contributed by atoms with Crippen LogP contribution in [0, 0.1) is 0 Å². The molecule has 1 fully saturated rings. The summed E-state index contributed by atoms with van der Waals surface area (Å²) in [5.74, 6) is -1.46. The normalized spacial score (nSPS) is 14.7. The highest BCUT2D eigenvalue weighted by molar-refractivity contribution is 6.01. The van der Waals surface area contributed by atoms with E-state index in [1.165, 1.54) is 7.11 Å². The fourth-order valence-electron chi connectivity index (χ4n) is 2.83. The molecule has 27 heavy (non-hydrogen) atoms. The standard InChI is InChI=1S/C18H26N4O5/c1-20(2)17(24)11-21-6-8-22(9-7-21)13-4-5-15(14(10-13)18(25)26)19-16(23)12-27-3/h4-5,10H,6-9,11-12H2,1-3H3,(H,19,23)(H,25,26). The molecule has 1 aliphatic heterocycles. The van der Waals surface area contributed by atoms with Crippen molar-refractivity contribution in [1.82, 2.24) is 9.80 Å². The highest BCUT2D eigenvalue weighted by atomic mass is 16.5. The van der Waals surface area contributed by atoms with Gasteiger partial charge in [-0.3, -0.25) is 14.5 Å². The van der Waals surface area contributed by atoms with E-state index in [0.29, 0.717) is 32.7 Å². The lowest BCUT2D eigenvalue weighted by Gasteiger charge is -2.36. The molecule has 148 valence electrons. The first-order valence-electron chi connectivity index (χ1n) is 8.65. The van der Waals surface area contributed by atoms with Gasteiger partial charge in [0.2, 0.25) is 11.8 Å². The van der Waals surface area contributed by atoms with Gasteiger partial charge in [0.1, 0.15) is 6.61 Å². The van der Waals surface area contributed by atoms with Crippen molar-refractivity contribution >= 4 is 29.2 Å². The Morgan fingerprint density at radius 2 is 1.85 bits per heavy atom. The molecule has 0 aromatic heterocycles. The van der Waals surface area contributed by atoms with Crippen molar-refractivity contribution in [3.63, 3.8) is 0 Å². The van der Waals surface area contributed by atoms with Crippen molar-refractivity contribution in [3.8, 4) is 0 Å². The average molecular weight is 378 g/mol. The van der Waals surface area contributed by atoms with Crippen molar-refractivity contribution < 1.29 is 24.2 Å². The van der Waals surface area contributed by atoms with Crippen molar-refractivity contribution in [3.05, 3.63) is 23.8 Å². The van der Waals surface area contributed by atoms with Crippen LogP contribution in [0.5, 0.6) is 0 Å². The topological polar surface area (TPSA) is 102 Å². The van der Waals surface area contributed by atoms with Gasteiger partial charge in [-0.15, -0.1) is 0 Å². The van der Waals surface area contributed by atoms with Crippen molar-refractivity contribution in [2.75, 3.05) is 70.8 Å². The van der Waals surface area contributed by atoms with E-state index in [2.05, 4.69) is 15.1 Å². The largest absolute Gasteiger partial charge is 0.478 e. The molecule has 1 aromatic carbocycles. The van der Waals surface area contributed by atoms with Gasteiger partial charge in [0.05, 0.1) is 17.8 Å². The highest BCUT2D eigenvalue weighted by Gasteiger charge is 2.21. The van der Waals surface area contributed by atoms with Crippen molar-refractivity contribution in [2.45, 2.75) is 0 Å². The van der Waals surface area contributed by atoms with Crippen LogP contribution in [0.1, 0.15) is 10.4 Å². The second-order valence-electron chi connectivity index (χ2n) is 6.57. The number of aromatic carboxylic acids is 1. The molecule has 1 saturated heterocycles. The number of benzene rings is 1. The summed E-state index contributed by atoms with van der Waals surface area (Å²) < 4.78 is 4.75. The Morgan fingerprint density at radius 1 is 1.19 bits per heavy atom. The lowest BCUT2D eigenvalue weighted by Crippen LogP contribution is -2.49. The number of piperazine rings is 1. The van der Waals surface area contributed by atoms with Crippen LogP contribution in [0.4, 0.5) is 11.4 Å². The Bertz CT molecular complexity index is 699. The molecule has 1 aliphatic rings. The number of hydrogen-bond acceptors (Lipinski definition) is 6. The number of amides is 2. The number of carbonyl (C=O) groups excluding carboxylic acids is 2. The van der Waals surface area contributed by atoms with Gasteiger partial charge in [0, 0.05) is 53.1 Å². The van der Waals surface area contributed by atoms with Crippen LogP contribution < -0.4 is 10.2 Å². The van der Waals surface area contributed by atoms with E-state index in [-0.39, 0.29) is 23.8 Å². The molecule has 0 saturated carbocycles. The number of methoxy groups -OCH3 is 1. The third-order valence-electron chi connectivity index (χ3n) is 4.38. The molecule has 0 bridgehead atoms. The number of likely N-dealkylation sites (N-methyl/N-ethyl adjacent to an activating group) is 1. The first-order chi connectivity index (χ1) is 12.8. The molecule has 0 unspecified atom stereocenters. The smallest absolute Gasteiger partial charge is 0.337 e. The maximum absolute atomic E-state index is 11.8.